The van der Waals surface area contributed by atoms with Gasteiger partial charge in [0.05, 0.1) is 12.3 Å². The Morgan fingerprint density at radius 1 is 1.50 bits per heavy atom. The van der Waals surface area contributed by atoms with Gasteiger partial charge in [-0.3, -0.25) is 9.36 Å². The number of hydrogen-bond acceptors (Lipinski definition) is 6. The summed E-state index contributed by atoms with van der Waals surface area (Å²) < 4.78 is 1.88. The highest BCUT2D eigenvalue weighted by Crippen LogP contribution is 2.20. The standard InChI is InChI=1S/C10H12N4O2S2/c1-6-3-11-8(18-6)4-14-7(2)12-13-10(14)17-5-9(15)16/h3H,4-5H2,1-2H3,(H,15,16). The second-order valence-corrected chi connectivity index (χ2v) is 5.92. The number of thiazole rings is 1. The molecule has 2 aromatic rings. The topological polar surface area (TPSA) is 80.9 Å². The van der Waals surface area contributed by atoms with Gasteiger partial charge in [0.15, 0.2) is 5.16 Å². The molecule has 0 aliphatic rings. The second kappa shape index (κ2) is 5.49. The summed E-state index contributed by atoms with van der Waals surface area (Å²) in [6.07, 6.45) is 1.82. The van der Waals surface area contributed by atoms with Gasteiger partial charge in [-0.05, 0) is 13.8 Å². The normalized spacial score (nSPS) is 10.8. The van der Waals surface area contributed by atoms with Crippen LogP contribution in [0.15, 0.2) is 11.4 Å². The summed E-state index contributed by atoms with van der Waals surface area (Å²) in [5.74, 6) is -0.122. The SMILES string of the molecule is Cc1cnc(Cn2c(C)nnc2SCC(=O)O)s1. The van der Waals surface area contributed by atoms with Crippen LogP contribution in [-0.2, 0) is 11.3 Å². The quantitative estimate of drug-likeness (QED) is 0.839. The summed E-state index contributed by atoms with van der Waals surface area (Å²) in [6, 6.07) is 0. The maximum absolute atomic E-state index is 10.6. The number of carbonyl (C=O) groups is 1. The van der Waals surface area contributed by atoms with Crippen LogP contribution in [0.4, 0.5) is 0 Å². The van der Waals surface area contributed by atoms with Crippen molar-refractivity contribution in [1.29, 1.82) is 0 Å². The molecule has 0 amide bonds. The molecule has 0 atom stereocenters. The van der Waals surface area contributed by atoms with Crippen LogP contribution in [0.3, 0.4) is 0 Å². The lowest BCUT2D eigenvalue weighted by atomic mass is 10.6. The third-order valence-electron chi connectivity index (χ3n) is 2.19. The van der Waals surface area contributed by atoms with Crippen molar-refractivity contribution in [2.45, 2.75) is 25.5 Å². The van der Waals surface area contributed by atoms with Crippen LogP contribution in [0, 0.1) is 13.8 Å². The van der Waals surface area contributed by atoms with Gasteiger partial charge in [0.2, 0.25) is 0 Å². The van der Waals surface area contributed by atoms with Crippen molar-refractivity contribution in [2.75, 3.05) is 5.75 Å². The van der Waals surface area contributed by atoms with E-state index in [0.29, 0.717) is 11.7 Å². The van der Waals surface area contributed by atoms with Crippen molar-refractivity contribution in [3.8, 4) is 0 Å². The van der Waals surface area contributed by atoms with Crippen molar-refractivity contribution in [2.24, 2.45) is 0 Å². The van der Waals surface area contributed by atoms with Crippen LogP contribution in [0.5, 0.6) is 0 Å². The van der Waals surface area contributed by atoms with Gasteiger partial charge in [-0.25, -0.2) is 4.98 Å². The van der Waals surface area contributed by atoms with Crippen molar-refractivity contribution >= 4 is 29.1 Å². The summed E-state index contributed by atoms with van der Waals surface area (Å²) in [5, 5.41) is 18.2. The fraction of sp³-hybridized carbons (Fsp3) is 0.400. The molecular formula is C10H12N4O2S2. The number of rotatable bonds is 5. The molecule has 0 fully saturated rings. The molecule has 0 radical (unpaired) electrons. The lowest BCUT2D eigenvalue weighted by Crippen LogP contribution is -2.05. The van der Waals surface area contributed by atoms with Gasteiger partial charge in [0.1, 0.15) is 10.8 Å². The van der Waals surface area contributed by atoms with Crippen molar-refractivity contribution in [3.05, 3.63) is 21.9 Å². The number of carboxylic acids is 1. The first-order valence-corrected chi connectivity index (χ1v) is 7.02. The first-order valence-electron chi connectivity index (χ1n) is 5.22. The Kier molecular flexibility index (Phi) is 3.97. The lowest BCUT2D eigenvalue weighted by Gasteiger charge is -2.04. The van der Waals surface area contributed by atoms with Crippen molar-refractivity contribution in [1.82, 2.24) is 19.7 Å². The molecule has 8 heteroatoms. The van der Waals surface area contributed by atoms with Crippen LogP contribution < -0.4 is 0 Å². The fourth-order valence-electron chi connectivity index (χ4n) is 1.39. The molecule has 0 aliphatic heterocycles. The number of thioether (sulfide) groups is 1. The van der Waals surface area contributed by atoms with E-state index in [1.165, 1.54) is 11.8 Å². The van der Waals surface area contributed by atoms with E-state index in [-0.39, 0.29) is 5.75 Å². The van der Waals surface area contributed by atoms with Gasteiger partial charge in [0.25, 0.3) is 0 Å². The van der Waals surface area contributed by atoms with Crippen molar-refractivity contribution in [3.63, 3.8) is 0 Å². The number of aliphatic carboxylic acids is 1. The third kappa shape index (κ3) is 3.08. The van der Waals surface area contributed by atoms with Crippen LogP contribution in [0.1, 0.15) is 15.7 Å². The Morgan fingerprint density at radius 2 is 2.28 bits per heavy atom. The molecule has 0 saturated carbocycles. The Morgan fingerprint density at radius 3 is 2.89 bits per heavy atom. The third-order valence-corrected chi connectivity index (χ3v) is 4.04. The van der Waals surface area contributed by atoms with Gasteiger partial charge in [-0.2, -0.15) is 0 Å². The fourth-order valence-corrected chi connectivity index (χ4v) is 2.87. The molecule has 18 heavy (non-hydrogen) atoms. The number of carboxylic acid groups (broad SMARTS) is 1. The van der Waals surface area contributed by atoms with Gasteiger partial charge in [0, 0.05) is 11.1 Å². The number of aromatic nitrogens is 4. The first-order chi connectivity index (χ1) is 8.56. The highest BCUT2D eigenvalue weighted by Gasteiger charge is 2.12. The molecule has 0 spiro atoms. The summed E-state index contributed by atoms with van der Waals surface area (Å²) in [7, 11) is 0. The molecule has 0 aromatic carbocycles. The molecule has 2 rings (SSSR count). The molecular weight excluding hydrogens is 272 g/mol. The molecule has 0 saturated heterocycles. The van der Waals surface area contributed by atoms with E-state index >= 15 is 0 Å². The highest BCUT2D eigenvalue weighted by atomic mass is 32.2. The van der Waals surface area contributed by atoms with E-state index in [4.69, 9.17) is 5.11 Å². The molecule has 0 aliphatic carbocycles. The second-order valence-electron chi connectivity index (χ2n) is 3.66. The minimum Gasteiger partial charge on any atom is -0.481 e. The van der Waals surface area contributed by atoms with Gasteiger partial charge in [-0.15, -0.1) is 21.5 Å². The Hall–Kier alpha value is -1.41. The van der Waals surface area contributed by atoms with E-state index in [9.17, 15) is 4.79 Å². The number of hydrogen-bond donors (Lipinski definition) is 1. The van der Waals surface area contributed by atoms with Crippen LogP contribution in [0.25, 0.3) is 0 Å². The Labute approximate surface area is 112 Å². The van der Waals surface area contributed by atoms with E-state index in [1.54, 1.807) is 11.3 Å². The average molecular weight is 284 g/mol. The first kappa shape index (κ1) is 13.0. The monoisotopic (exact) mass is 284 g/mol. The van der Waals surface area contributed by atoms with E-state index < -0.39 is 5.97 Å². The number of aryl methyl sites for hydroxylation is 2. The zero-order chi connectivity index (χ0) is 13.1. The zero-order valence-corrected chi connectivity index (χ0v) is 11.6. The Balaban J connectivity index is 2.16. The summed E-state index contributed by atoms with van der Waals surface area (Å²) in [4.78, 5) is 16.0. The molecule has 0 bridgehead atoms. The van der Waals surface area contributed by atoms with E-state index in [1.807, 2.05) is 24.6 Å². The summed E-state index contributed by atoms with van der Waals surface area (Å²) in [6.45, 7) is 4.43. The van der Waals surface area contributed by atoms with Gasteiger partial charge >= 0.3 is 5.97 Å². The maximum Gasteiger partial charge on any atom is 0.313 e. The zero-order valence-electron chi connectivity index (χ0n) is 9.95. The highest BCUT2D eigenvalue weighted by molar-refractivity contribution is 7.99. The largest absolute Gasteiger partial charge is 0.481 e. The molecule has 2 aromatic heterocycles. The van der Waals surface area contributed by atoms with Crippen molar-refractivity contribution < 1.29 is 9.90 Å². The predicted molar refractivity (Wildman–Crippen MR) is 69.1 cm³/mol. The summed E-state index contributed by atoms with van der Waals surface area (Å²) >= 11 is 2.78. The maximum atomic E-state index is 10.6. The van der Waals surface area contributed by atoms with Gasteiger partial charge in [-0.1, -0.05) is 11.8 Å². The molecule has 96 valence electrons. The minimum absolute atomic E-state index is 0.0188. The summed E-state index contributed by atoms with van der Waals surface area (Å²) in [5.41, 5.74) is 0. The van der Waals surface area contributed by atoms with Gasteiger partial charge < -0.3 is 5.11 Å². The molecule has 1 N–H and O–H groups in total. The van der Waals surface area contributed by atoms with E-state index in [2.05, 4.69) is 15.2 Å². The van der Waals surface area contributed by atoms with Crippen LogP contribution >= 0.6 is 23.1 Å². The molecule has 0 unspecified atom stereocenters. The predicted octanol–water partition coefficient (Wildman–Crippen LogP) is 1.58. The van der Waals surface area contributed by atoms with Crippen LogP contribution in [0.2, 0.25) is 0 Å². The average Bonchev–Trinajstić information content (AvgIpc) is 2.85. The van der Waals surface area contributed by atoms with Crippen LogP contribution in [-0.4, -0.2) is 36.6 Å². The number of nitrogens with zero attached hydrogens (tertiary/aromatic N) is 4. The van der Waals surface area contributed by atoms with E-state index in [0.717, 1.165) is 15.7 Å². The molecule has 6 nitrogen and oxygen atoms in total. The Bertz CT molecular complexity index is 564. The lowest BCUT2D eigenvalue weighted by molar-refractivity contribution is -0.133. The molecule has 2 heterocycles. The smallest absolute Gasteiger partial charge is 0.313 e. The minimum atomic E-state index is -0.864.